The first-order chi connectivity index (χ1) is 9.84. The van der Waals surface area contributed by atoms with E-state index in [9.17, 15) is 8.42 Å². The fourth-order valence-electron chi connectivity index (χ4n) is 3.49. The summed E-state index contributed by atoms with van der Waals surface area (Å²) in [5, 5.41) is 3.76. The molecule has 124 valence electrons. The number of piperidine rings is 2. The molecular weight excluding hydrogens is 286 g/mol. The molecule has 2 heterocycles. The van der Waals surface area contributed by atoms with Crippen molar-refractivity contribution in [1.29, 1.82) is 0 Å². The van der Waals surface area contributed by atoms with E-state index < -0.39 is 10.0 Å². The second-order valence-electron chi connectivity index (χ2n) is 7.07. The van der Waals surface area contributed by atoms with Crippen LogP contribution in [0, 0.1) is 5.92 Å². The van der Waals surface area contributed by atoms with Crippen LogP contribution in [0.3, 0.4) is 0 Å². The van der Waals surface area contributed by atoms with E-state index in [4.69, 9.17) is 0 Å². The summed E-state index contributed by atoms with van der Waals surface area (Å²) in [6.07, 6.45) is 5.64. The molecule has 2 aliphatic rings. The summed E-state index contributed by atoms with van der Waals surface area (Å²) in [4.78, 5) is 2.56. The van der Waals surface area contributed by atoms with Crippen molar-refractivity contribution in [3.05, 3.63) is 0 Å². The van der Waals surface area contributed by atoms with Crippen molar-refractivity contribution in [3.63, 3.8) is 0 Å². The van der Waals surface area contributed by atoms with Crippen LogP contribution >= 0.6 is 0 Å². The smallest absolute Gasteiger partial charge is 0.211 e. The number of sulfonamides is 1. The van der Waals surface area contributed by atoms with Crippen LogP contribution in [0.5, 0.6) is 0 Å². The van der Waals surface area contributed by atoms with Crippen molar-refractivity contribution in [3.8, 4) is 0 Å². The van der Waals surface area contributed by atoms with Crippen LogP contribution < -0.4 is 5.32 Å². The molecule has 5 nitrogen and oxygen atoms in total. The molecule has 0 aliphatic carbocycles. The third kappa shape index (κ3) is 5.51. The van der Waals surface area contributed by atoms with E-state index in [2.05, 4.69) is 24.1 Å². The molecule has 0 unspecified atom stereocenters. The fourth-order valence-corrected chi connectivity index (χ4v) is 4.36. The molecule has 2 fully saturated rings. The summed E-state index contributed by atoms with van der Waals surface area (Å²) in [6.45, 7) is 9.49. The van der Waals surface area contributed by atoms with E-state index in [0.717, 1.165) is 18.8 Å². The monoisotopic (exact) mass is 317 g/mol. The Morgan fingerprint density at radius 3 is 1.90 bits per heavy atom. The van der Waals surface area contributed by atoms with Crippen LogP contribution in [0.15, 0.2) is 0 Å². The molecule has 0 atom stereocenters. The second kappa shape index (κ2) is 7.40. The molecule has 0 aromatic carbocycles. The Hall–Kier alpha value is -0.170. The van der Waals surface area contributed by atoms with Gasteiger partial charge in [0.05, 0.1) is 6.26 Å². The summed E-state index contributed by atoms with van der Waals surface area (Å²) in [7, 11) is -3.00. The van der Waals surface area contributed by atoms with Gasteiger partial charge in [-0.1, -0.05) is 13.8 Å². The Kier molecular flexibility index (Phi) is 6.05. The lowest BCUT2D eigenvalue weighted by atomic mass is 9.99. The zero-order valence-electron chi connectivity index (χ0n) is 13.7. The van der Waals surface area contributed by atoms with Crippen LogP contribution in [0.25, 0.3) is 0 Å². The molecule has 0 amide bonds. The molecule has 0 radical (unpaired) electrons. The predicted octanol–water partition coefficient (Wildman–Crippen LogP) is 1.12. The summed E-state index contributed by atoms with van der Waals surface area (Å²) in [5.74, 6) is 0.745. The molecule has 2 rings (SSSR count). The largest absolute Gasteiger partial charge is 0.311 e. The third-order valence-electron chi connectivity index (χ3n) is 4.61. The van der Waals surface area contributed by atoms with Gasteiger partial charge in [0.15, 0.2) is 0 Å². The van der Waals surface area contributed by atoms with Gasteiger partial charge in [0.1, 0.15) is 0 Å². The van der Waals surface area contributed by atoms with Crippen molar-refractivity contribution in [2.24, 2.45) is 5.92 Å². The van der Waals surface area contributed by atoms with E-state index in [1.807, 2.05) is 0 Å². The molecule has 2 saturated heterocycles. The van der Waals surface area contributed by atoms with Gasteiger partial charge in [-0.25, -0.2) is 12.7 Å². The first-order valence-electron chi connectivity index (χ1n) is 8.28. The lowest BCUT2D eigenvalue weighted by molar-refractivity contribution is 0.166. The Morgan fingerprint density at radius 2 is 1.48 bits per heavy atom. The van der Waals surface area contributed by atoms with Gasteiger partial charge in [-0.2, -0.15) is 0 Å². The topological polar surface area (TPSA) is 52.6 Å². The average Bonchev–Trinajstić information content (AvgIpc) is 2.40. The molecule has 1 N–H and O–H groups in total. The molecule has 6 heteroatoms. The summed E-state index contributed by atoms with van der Waals surface area (Å²) < 4.78 is 24.6. The Bertz CT molecular complexity index is 409. The normalized spacial score (nSPS) is 24.8. The first kappa shape index (κ1) is 17.2. The van der Waals surface area contributed by atoms with Crippen LogP contribution in [0.4, 0.5) is 0 Å². The Morgan fingerprint density at radius 1 is 1.00 bits per heavy atom. The summed E-state index contributed by atoms with van der Waals surface area (Å²) in [6, 6.07) is 1.10. The fraction of sp³-hybridized carbons (Fsp3) is 1.00. The maximum Gasteiger partial charge on any atom is 0.211 e. The van der Waals surface area contributed by atoms with Crippen LogP contribution in [-0.2, 0) is 10.0 Å². The highest BCUT2D eigenvalue weighted by Crippen LogP contribution is 2.17. The van der Waals surface area contributed by atoms with E-state index in [-0.39, 0.29) is 0 Å². The molecule has 2 aliphatic heterocycles. The minimum atomic E-state index is -3.00. The van der Waals surface area contributed by atoms with Crippen LogP contribution in [-0.4, -0.2) is 68.7 Å². The average molecular weight is 317 g/mol. The first-order valence-corrected chi connectivity index (χ1v) is 10.1. The standard InChI is InChI=1S/C15H31N3O2S/c1-13(2)12-17-8-4-14(5-9-17)16-15-6-10-18(11-7-15)21(3,19)20/h13-16H,4-12H2,1-3H3. The van der Waals surface area contributed by atoms with E-state index in [1.54, 1.807) is 4.31 Å². The summed E-state index contributed by atoms with van der Waals surface area (Å²) in [5.41, 5.74) is 0. The minimum absolute atomic E-state index is 0.490. The number of hydrogen-bond donors (Lipinski definition) is 1. The molecule has 0 spiro atoms. The highest BCUT2D eigenvalue weighted by Gasteiger charge is 2.27. The number of likely N-dealkylation sites (tertiary alicyclic amines) is 1. The van der Waals surface area contributed by atoms with Crippen molar-refractivity contribution in [1.82, 2.24) is 14.5 Å². The number of rotatable bonds is 5. The van der Waals surface area contributed by atoms with E-state index in [1.165, 1.54) is 38.7 Å². The number of nitrogens with one attached hydrogen (secondary N) is 1. The lowest BCUT2D eigenvalue weighted by Crippen LogP contribution is -2.50. The van der Waals surface area contributed by atoms with Crippen molar-refractivity contribution < 1.29 is 8.42 Å². The van der Waals surface area contributed by atoms with Gasteiger partial charge < -0.3 is 10.2 Å². The zero-order valence-corrected chi connectivity index (χ0v) is 14.5. The van der Waals surface area contributed by atoms with Gasteiger partial charge in [0.2, 0.25) is 10.0 Å². The molecule has 0 bridgehead atoms. The Labute approximate surface area is 130 Å². The second-order valence-corrected chi connectivity index (χ2v) is 9.05. The number of nitrogens with zero attached hydrogens (tertiary/aromatic N) is 2. The molecule has 0 aromatic rings. The van der Waals surface area contributed by atoms with E-state index >= 15 is 0 Å². The molecule has 0 saturated carbocycles. The Balaban J connectivity index is 1.68. The van der Waals surface area contributed by atoms with E-state index in [0.29, 0.717) is 25.2 Å². The predicted molar refractivity (Wildman–Crippen MR) is 86.9 cm³/mol. The van der Waals surface area contributed by atoms with Gasteiger partial charge >= 0.3 is 0 Å². The minimum Gasteiger partial charge on any atom is -0.311 e. The maximum atomic E-state index is 11.5. The van der Waals surface area contributed by atoms with Crippen LogP contribution in [0.1, 0.15) is 39.5 Å². The summed E-state index contributed by atoms with van der Waals surface area (Å²) >= 11 is 0. The van der Waals surface area contributed by atoms with Gasteiger partial charge in [-0.05, 0) is 44.7 Å². The van der Waals surface area contributed by atoms with Gasteiger partial charge in [0.25, 0.3) is 0 Å². The van der Waals surface area contributed by atoms with Gasteiger partial charge in [-0.3, -0.25) is 0 Å². The molecule has 21 heavy (non-hydrogen) atoms. The lowest BCUT2D eigenvalue weighted by Gasteiger charge is -2.37. The maximum absolute atomic E-state index is 11.5. The number of hydrogen-bond acceptors (Lipinski definition) is 4. The SMILES string of the molecule is CC(C)CN1CCC(NC2CCN(S(C)(=O)=O)CC2)CC1. The van der Waals surface area contributed by atoms with Gasteiger partial charge in [0, 0.05) is 31.7 Å². The van der Waals surface area contributed by atoms with Crippen molar-refractivity contribution in [2.75, 3.05) is 39.0 Å². The van der Waals surface area contributed by atoms with Crippen molar-refractivity contribution in [2.45, 2.75) is 51.6 Å². The molecular formula is C15H31N3O2S. The highest BCUT2D eigenvalue weighted by atomic mass is 32.2. The third-order valence-corrected chi connectivity index (χ3v) is 5.91. The molecule has 0 aromatic heterocycles. The van der Waals surface area contributed by atoms with Gasteiger partial charge in [-0.15, -0.1) is 0 Å². The zero-order chi connectivity index (χ0) is 15.5. The quantitative estimate of drug-likeness (QED) is 0.826. The van der Waals surface area contributed by atoms with Crippen molar-refractivity contribution >= 4 is 10.0 Å². The van der Waals surface area contributed by atoms with Crippen LogP contribution in [0.2, 0.25) is 0 Å². The highest BCUT2D eigenvalue weighted by molar-refractivity contribution is 7.88.